The van der Waals surface area contributed by atoms with Crippen LogP contribution in [0.2, 0.25) is 10.3 Å². The maximum atomic E-state index is 11.7. The summed E-state index contributed by atoms with van der Waals surface area (Å²) in [6, 6.07) is 18.3. The highest BCUT2D eigenvalue weighted by Crippen LogP contribution is 2.34. The Morgan fingerprint density at radius 2 is 1.13 bits per heavy atom. The van der Waals surface area contributed by atoms with Crippen LogP contribution in [0.3, 0.4) is 0 Å². The number of ether oxygens (including phenoxy) is 2. The molecule has 0 aliphatic rings. The molecule has 0 spiro atoms. The summed E-state index contributed by atoms with van der Waals surface area (Å²) in [6.07, 6.45) is 2.53. The number of thiol groups is 1. The number of hydrogen-bond acceptors (Lipinski definition) is 16. The second-order valence-corrected chi connectivity index (χ2v) is 14.7. The van der Waals surface area contributed by atoms with Crippen LogP contribution in [-0.4, -0.2) is 66.8 Å². The monoisotopic (exact) mass is 1050 g/mol. The standard InChI is InChI=1S/C12H14N2O2S.C10H10N2O2S.C8H7ClN2.C7H5ClN2.C4H8O2S.CH3I/c1-3-7-5-6-8-9(13)10(12(15)16-4-2)17-11(8)14-7;1-2-5-3-4-6-7(11)8(10(13)14)15-9(6)12-5;1-2-7-4-3-6(5-10)8(9)11-7;1-5-2-3-6(4-9)7(8)10-5;1-2-6-4(5)3-7;1-2/h5-6H,3-4,13H2,1-2H3;3-4H,2,11H2,1H3,(H,13,14);3-4H,2H2,1H3;2-3H,1H3;7H,2-3H2,1H3;1H3. The van der Waals surface area contributed by atoms with E-state index >= 15 is 0 Å². The smallest absolute Gasteiger partial charge is 0.350 e. The van der Waals surface area contributed by atoms with Crippen LogP contribution in [0.1, 0.15) is 87.9 Å². The van der Waals surface area contributed by atoms with E-state index < -0.39 is 5.97 Å². The number of rotatable bonds is 8. The Hall–Kier alpha value is -4.83. The fraction of sp³-hybridized carbons (Fsp3) is 0.310. The lowest BCUT2D eigenvalue weighted by molar-refractivity contribution is -0.139. The molecule has 6 aromatic rings. The third-order valence-corrected chi connectivity index (χ3v) is 10.6. The number of halogens is 3. The second-order valence-electron chi connectivity index (χ2n) is 11.7. The minimum absolute atomic E-state index is 0.172. The predicted molar refractivity (Wildman–Crippen MR) is 262 cm³/mol. The van der Waals surface area contributed by atoms with Crippen LogP contribution in [-0.2, 0) is 33.5 Å². The molecule has 6 heterocycles. The number of esters is 2. The molecular formula is C42H47Cl2IN8O6S3. The Kier molecular flexibility index (Phi) is 26.2. The van der Waals surface area contributed by atoms with E-state index in [1.54, 1.807) is 32.0 Å². The summed E-state index contributed by atoms with van der Waals surface area (Å²) in [5.74, 6) is -1.45. The van der Waals surface area contributed by atoms with E-state index in [1.807, 2.05) is 75.1 Å². The zero-order valence-corrected chi connectivity index (χ0v) is 41.3. The number of nitrogen functional groups attached to an aromatic ring is 2. The summed E-state index contributed by atoms with van der Waals surface area (Å²) in [6.45, 7) is 12.2. The number of aromatic carboxylic acids is 1. The molecule has 0 saturated heterocycles. The number of fused-ring (bicyclic) bond motifs is 2. The van der Waals surface area contributed by atoms with Crippen molar-refractivity contribution >= 4 is 131 Å². The van der Waals surface area contributed by atoms with Gasteiger partial charge in [-0.2, -0.15) is 23.2 Å². The molecule has 0 atom stereocenters. The zero-order chi connectivity index (χ0) is 46.9. The molecule has 20 heteroatoms. The van der Waals surface area contributed by atoms with Gasteiger partial charge in [0.15, 0.2) is 0 Å². The molecule has 0 unspecified atom stereocenters. The third kappa shape index (κ3) is 17.1. The number of carbonyl (C=O) groups is 3. The Morgan fingerprint density at radius 3 is 1.52 bits per heavy atom. The summed E-state index contributed by atoms with van der Waals surface area (Å²) in [5, 5.41) is 28.0. The topological polar surface area (TPSA) is 241 Å². The number of nitrogens with zero attached hydrogens (tertiary/aromatic N) is 6. The first-order valence-corrected chi connectivity index (χ1v) is 23.8. The van der Waals surface area contributed by atoms with Gasteiger partial charge >= 0.3 is 17.9 Å². The van der Waals surface area contributed by atoms with Crippen molar-refractivity contribution in [1.82, 2.24) is 19.9 Å². The van der Waals surface area contributed by atoms with E-state index in [0.29, 0.717) is 50.6 Å². The molecule has 0 radical (unpaired) electrons. The van der Waals surface area contributed by atoms with Crippen molar-refractivity contribution < 1.29 is 29.0 Å². The van der Waals surface area contributed by atoms with Crippen molar-refractivity contribution in [2.24, 2.45) is 0 Å². The molecule has 0 aliphatic carbocycles. The minimum atomic E-state index is -0.992. The average Bonchev–Trinajstić information content (AvgIpc) is 3.80. The van der Waals surface area contributed by atoms with Crippen LogP contribution in [0, 0.1) is 29.6 Å². The van der Waals surface area contributed by atoms with Crippen molar-refractivity contribution in [2.45, 2.75) is 60.8 Å². The molecule has 330 valence electrons. The van der Waals surface area contributed by atoms with Gasteiger partial charge in [-0.25, -0.2) is 29.5 Å². The van der Waals surface area contributed by atoms with E-state index in [2.05, 4.69) is 59.9 Å². The molecule has 0 bridgehead atoms. The molecule has 0 aromatic carbocycles. The van der Waals surface area contributed by atoms with Gasteiger partial charge in [0.25, 0.3) is 0 Å². The number of carboxylic acids is 1. The number of nitrogens with two attached hydrogens (primary N) is 2. The number of hydrogen-bond donors (Lipinski definition) is 4. The maximum absolute atomic E-state index is 11.7. The number of alkyl halides is 1. The van der Waals surface area contributed by atoms with Crippen LogP contribution >= 0.6 is 81.1 Å². The molecule has 0 aliphatic heterocycles. The fourth-order valence-corrected chi connectivity index (χ4v) is 7.04. The molecule has 0 saturated carbocycles. The van der Waals surface area contributed by atoms with Gasteiger partial charge in [0, 0.05) is 33.5 Å². The van der Waals surface area contributed by atoms with Crippen molar-refractivity contribution in [2.75, 3.05) is 35.4 Å². The van der Waals surface area contributed by atoms with Gasteiger partial charge < -0.3 is 26.0 Å². The van der Waals surface area contributed by atoms with Gasteiger partial charge in [-0.3, -0.25) is 4.79 Å². The first-order valence-electron chi connectivity index (χ1n) is 18.6. The number of carboxylic acid groups (broad SMARTS) is 1. The van der Waals surface area contributed by atoms with Crippen molar-refractivity contribution in [1.29, 1.82) is 10.5 Å². The summed E-state index contributed by atoms with van der Waals surface area (Å²) in [7, 11) is 0. The van der Waals surface area contributed by atoms with Crippen LogP contribution in [0.25, 0.3) is 20.4 Å². The van der Waals surface area contributed by atoms with Crippen molar-refractivity contribution in [3.8, 4) is 12.1 Å². The summed E-state index contributed by atoms with van der Waals surface area (Å²) >= 11 is 19.5. The van der Waals surface area contributed by atoms with Gasteiger partial charge in [0.1, 0.15) is 41.9 Å². The van der Waals surface area contributed by atoms with Crippen LogP contribution in [0.4, 0.5) is 11.4 Å². The molecule has 6 rings (SSSR count). The number of anilines is 2. The molecule has 0 amide bonds. The molecule has 6 aromatic heterocycles. The Balaban J connectivity index is 0.000000395. The van der Waals surface area contributed by atoms with Gasteiger partial charge in [0.05, 0.1) is 41.5 Å². The van der Waals surface area contributed by atoms with Crippen LogP contribution < -0.4 is 11.5 Å². The highest BCUT2D eigenvalue weighted by atomic mass is 127. The van der Waals surface area contributed by atoms with Crippen LogP contribution in [0.15, 0.2) is 48.5 Å². The SMILES string of the molecule is CCOC(=O)CS.CCOC(=O)c1sc2nc(CC)ccc2c1N.CCc1ccc(C#N)c(Cl)n1.CCc1ccc2c(N)c(C(=O)O)sc2n1.CI.Cc1ccc(C#N)c(Cl)n1. The minimum Gasteiger partial charge on any atom is -0.477 e. The average molecular weight is 1050 g/mol. The third-order valence-electron chi connectivity index (χ3n) is 7.61. The highest BCUT2D eigenvalue weighted by molar-refractivity contribution is 14.1. The van der Waals surface area contributed by atoms with E-state index in [-0.39, 0.29) is 27.7 Å². The van der Waals surface area contributed by atoms with Gasteiger partial charge in [0.2, 0.25) is 0 Å². The fourth-order valence-electron chi connectivity index (χ4n) is 4.54. The van der Waals surface area contributed by atoms with Gasteiger partial charge in [-0.15, -0.1) is 22.7 Å². The molecule has 5 N–H and O–H groups in total. The van der Waals surface area contributed by atoms with Gasteiger partial charge in [-0.05, 0) is 93.5 Å². The molecule has 62 heavy (non-hydrogen) atoms. The number of pyridine rings is 4. The van der Waals surface area contributed by atoms with Crippen molar-refractivity contribution in [3.63, 3.8) is 0 Å². The van der Waals surface area contributed by atoms with Crippen LogP contribution in [0.5, 0.6) is 0 Å². The van der Waals surface area contributed by atoms with E-state index in [1.165, 1.54) is 11.3 Å². The highest BCUT2D eigenvalue weighted by Gasteiger charge is 2.18. The molecular weight excluding hydrogens is 1010 g/mol. The second kappa shape index (κ2) is 29.5. The Labute approximate surface area is 398 Å². The number of nitriles is 2. The van der Waals surface area contributed by atoms with E-state index in [4.69, 9.17) is 55.0 Å². The largest absolute Gasteiger partial charge is 0.477 e. The van der Waals surface area contributed by atoms with E-state index in [0.717, 1.165) is 69.0 Å². The quantitative estimate of drug-likeness (QED) is 0.0365. The molecule has 0 fully saturated rings. The number of carbonyl (C=O) groups excluding carboxylic acids is 2. The maximum Gasteiger partial charge on any atom is 0.350 e. The normalized spacial score (nSPS) is 9.63. The van der Waals surface area contributed by atoms with E-state index in [9.17, 15) is 14.4 Å². The Bertz CT molecular complexity index is 2510. The number of aryl methyl sites for hydroxylation is 4. The lowest BCUT2D eigenvalue weighted by Crippen LogP contribution is -2.04. The van der Waals surface area contributed by atoms with Gasteiger partial charge in [-0.1, -0.05) is 66.6 Å². The summed E-state index contributed by atoms with van der Waals surface area (Å²) < 4.78 is 9.43. The first kappa shape index (κ1) is 55.2. The first-order chi connectivity index (χ1) is 29.6. The zero-order valence-electron chi connectivity index (χ0n) is 35.1. The molecule has 14 nitrogen and oxygen atoms in total. The number of aromatic nitrogens is 4. The number of thiophene rings is 2. The summed E-state index contributed by atoms with van der Waals surface area (Å²) in [4.78, 5) is 53.4. The lowest BCUT2D eigenvalue weighted by atomic mass is 10.2. The predicted octanol–water partition coefficient (Wildman–Crippen LogP) is 10.4. The summed E-state index contributed by atoms with van der Waals surface area (Å²) in [5.41, 5.74) is 17.0. The Morgan fingerprint density at radius 1 is 0.710 bits per heavy atom. The lowest BCUT2D eigenvalue weighted by Gasteiger charge is -1.98. The van der Waals surface area contributed by atoms with Crippen molar-refractivity contribution in [3.05, 3.63) is 102 Å².